The van der Waals surface area contributed by atoms with Crippen LogP contribution < -0.4 is 0 Å². The number of hydrogen-bond donors (Lipinski definition) is 0. The maximum atomic E-state index is 2.44. The third-order valence-corrected chi connectivity index (χ3v) is 28.1. The second-order valence-corrected chi connectivity index (χ2v) is 35.8. The molecule has 632 valence electrons. The van der Waals surface area contributed by atoms with Crippen LogP contribution in [-0.4, -0.2) is 0 Å². The van der Waals surface area contributed by atoms with Crippen LogP contribution in [0.2, 0.25) is 0 Å². The van der Waals surface area contributed by atoms with Crippen molar-refractivity contribution in [2.24, 2.45) is 0 Å². The highest BCUT2D eigenvalue weighted by Gasteiger charge is 2.25. The highest BCUT2D eigenvalue weighted by molar-refractivity contribution is 6.28. The van der Waals surface area contributed by atoms with E-state index in [1.807, 2.05) is 0 Å². The standard InChI is InChI=1S/C48H32.2C44H28/c1-3-12-33(13-4-1)34-24-28-39(29-25-34)47-43-19-9-10-20-44(43)48(38-15-5-2-6-16-38)46-32-40(30-31-45(46)47)35-22-26-37(27-23-35)42-21-11-17-36-14-7-8-18-41(36)42;1-3-13-32-26-34(22-20-29(32)10-1)35-24-25-41-42(28-35)44(38-19-9-15-31-12-5-6-16-37(31)38)40-18-8-7-17-39(40)43(41)36-23-21-30-11-2-4-14-33(30)27-36;1-2-14-32-27-34(24-23-29(32)11-1)43-39-19-7-8-20-40(39)44(38-22-10-16-31-13-4-6-18-36(31)38)42-28-33(25-26-41(42)43)37-21-9-15-30-12-3-5-17-35(30)37/h1-32H;2*1-28H. The Hall–Kier alpha value is -17.7. The third kappa shape index (κ3) is 14.5. The van der Waals surface area contributed by atoms with E-state index in [4.69, 9.17) is 0 Å². The van der Waals surface area contributed by atoms with Crippen LogP contribution in [0.4, 0.5) is 0 Å². The number of rotatable bonds is 11. The van der Waals surface area contributed by atoms with Crippen LogP contribution in [0.1, 0.15) is 0 Å². The number of fused-ring (bicyclic) bond motifs is 13. The molecule has 0 bridgehead atoms. The molecule has 0 N–H and O–H groups in total. The van der Waals surface area contributed by atoms with Crippen LogP contribution in [-0.2, 0) is 0 Å². The van der Waals surface area contributed by atoms with Crippen LogP contribution in [0.5, 0.6) is 0 Å². The maximum Gasteiger partial charge on any atom is -0.00199 e. The first-order chi connectivity index (χ1) is 67.5. The molecule has 0 unspecified atom stereocenters. The van der Waals surface area contributed by atoms with Gasteiger partial charge >= 0.3 is 0 Å². The first-order valence-electron chi connectivity index (χ1n) is 47.1. The van der Waals surface area contributed by atoms with E-state index in [9.17, 15) is 0 Å². The summed E-state index contributed by atoms with van der Waals surface area (Å²) < 4.78 is 0. The largest absolute Gasteiger partial charge is 0.0622 e. The molecular weight excluding hydrogens is 1630 g/mol. The summed E-state index contributed by atoms with van der Waals surface area (Å²) in [6, 6.07) is 196. The van der Waals surface area contributed by atoms with Gasteiger partial charge in [-0.15, -0.1) is 0 Å². The van der Waals surface area contributed by atoms with Crippen LogP contribution >= 0.6 is 0 Å². The van der Waals surface area contributed by atoms with Crippen molar-refractivity contribution in [1.82, 2.24) is 0 Å². The van der Waals surface area contributed by atoms with Gasteiger partial charge in [0.1, 0.15) is 0 Å². The summed E-state index contributed by atoms with van der Waals surface area (Å²) in [5.41, 5.74) is 27.5. The Labute approximate surface area is 790 Å². The monoisotopic (exact) mass is 1720 g/mol. The molecule has 0 aliphatic carbocycles. The van der Waals surface area contributed by atoms with Gasteiger partial charge < -0.3 is 0 Å². The van der Waals surface area contributed by atoms with Gasteiger partial charge in [-0.2, -0.15) is 0 Å². The smallest absolute Gasteiger partial charge is 0.00199 e. The van der Waals surface area contributed by atoms with Gasteiger partial charge in [-0.3, -0.25) is 0 Å². The number of hydrogen-bond acceptors (Lipinski definition) is 0. The summed E-state index contributed by atoms with van der Waals surface area (Å²) in [7, 11) is 0. The van der Waals surface area contributed by atoms with Crippen molar-refractivity contribution < 1.29 is 0 Å². The van der Waals surface area contributed by atoms with Gasteiger partial charge in [0.05, 0.1) is 0 Å². The normalized spacial score (nSPS) is 11.5. The highest BCUT2D eigenvalue weighted by Crippen LogP contribution is 2.52. The minimum Gasteiger partial charge on any atom is -0.0622 e. The van der Waals surface area contributed by atoms with E-state index >= 15 is 0 Å². The van der Waals surface area contributed by atoms with Crippen LogP contribution in [0, 0.1) is 0 Å². The maximum absolute atomic E-state index is 2.44. The van der Waals surface area contributed by atoms with Gasteiger partial charge in [-0.1, -0.05) is 497 Å². The Morgan fingerprint density at radius 3 is 0.691 bits per heavy atom. The highest BCUT2D eigenvalue weighted by atomic mass is 14.3. The average molecular weight is 1720 g/mol. The van der Waals surface area contributed by atoms with Crippen molar-refractivity contribution in [1.29, 1.82) is 0 Å². The molecular formula is C136H88. The molecule has 0 aliphatic heterocycles. The zero-order valence-electron chi connectivity index (χ0n) is 74.8. The SMILES string of the molecule is c1ccc(-c2ccc(-c3c4ccccc4c(-c4ccccc4)c4cc(-c5ccc(-c6cccc7ccccc67)cc5)ccc34)cc2)cc1.c1ccc2cc(-c3c4ccccc4c(-c4cccc5ccccc45)c4cc(-c5cccc6ccccc56)ccc34)ccc2c1.c1ccc2cc(-c3ccc4c(-c5ccc6ccccc6c5)c5ccccc5c(-c5cccc6ccccc56)c4c3)ccc2c1. The second-order valence-electron chi connectivity index (χ2n) is 35.8. The Morgan fingerprint density at radius 2 is 0.279 bits per heavy atom. The Bertz CT molecular complexity index is 9360. The van der Waals surface area contributed by atoms with Gasteiger partial charge in [0.15, 0.2) is 0 Å². The summed E-state index contributed by atoms with van der Waals surface area (Å²) in [4.78, 5) is 0. The van der Waals surface area contributed by atoms with Gasteiger partial charge in [-0.05, 0) is 299 Å². The molecule has 27 rings (SSSR count). The molecule has 0 fully saturated rings. The predicted molar refractivity (Wildman–Crippen MR) is 587 cm³/mol. The molecule has 0 heterocycles. The summed E-state index contributed by atoms with van der Waals surface area (Å²) in [5, 5.41) is 32.9. The molecule has 0 radical (unpaired) electrons. The van der Waals surface area contributed by atoms with E-state index in [1.165, 1.54) is 262 Å². The Kier molecular flexibility index (Phi) is 20.4. The van der Waals surface area contributed by atoms with E-state index in [0.717, 1.165) is 0 Å². The van der Waals surface area contributed by atoms with Gasteiger partial charge in [-0.25, -0.2) is 0 Å². The Balaban J connectivity index is 0.000000109. The predicted octanol–water partition coefficient (Wildman–Crippen LogP) is 38.4. The molecule has 27 aromatic carbocycles. The van der Waals surface area contributed by atoms with Crippen molar-refractivity contribution >= 4 is 140 Å². The first kappa shape index (κ1) is 80.4. The molecule has 0 aromatic heterocycles. The molecule has 0 aliphatic rings. The molecule has 0 saturated carbocycles. The van der Waals surface area contributed by atoms with E-state index in [-0.39, 0.29) is 0 Å². The molecule has 0 amide bonds. The lowest BCUT2D eigenvalue weighted by Gasteiger charge is -2.20. The molecule has 136 heavy (non-hydrogen) atoms. The fourth-order valence-corrected chi connectivity index (χ4v) is 21.7. The molecule has 0 nitrogen and oxygen atoms in total. The third-order valence-electron chi connectivity index (χ3n) is 28.1. The van der Waals surface area contributed by atoms with Crippen LogP contribution in [0.3, 0.4) is 0 Å². The summed E-state index contributed by atoms with van der Waals surface area (Å²) in [6.07, 6.45) is 0. The van der Waals surface area contributed by atoms with Gasteiger partial charge in [0, 0.05) is 0 Å². The quantitative estimate of drug-likeness (QED) is 0.113. The van der Waals surface area contributed by atoms with Crippen molar-refractivity contribution in [3.63, 3.8) is 0 Å². The minimum absolute atomic E-state index is 1.21. The lowest BCUT2D eigenvalue weighted by atomic mass is 9.83. The lowest BCUT2D eigenvalue weighted by Crippen LogP contribution is -1.93. The summed E-state index contributed by atoms with van der Waals surface area (Å²) in [6.45, 7) is 0. The van der Waals surface area contributed by atoms with E-state index in [1.54, 1.807) is 0 Å². The van der Waals surface area contributed by atoms with E-state index in [0.29, 0.717) is 0 Å². The fraction of sp³-hybridized carbons (Fsp3) is 0. The van der Waals surface area contributed by atoms with E-state index < -0.39 is 0 Å². The molecule has 0 spiro atoms. The summed E-state index contributed by atoms with van der Waals surface area (Å²) >= 11 is 0. The second kappa shape index (κ2) is 34.6. The van der Waals surface area contributed by atoms with Gasteiger partial charge in [0.25, 0.3) is 0 Å². The summed E-state index contributed by atoms with van der Waals surface area (Å²) in [5.74, 6) is 0. The zero-order valence-corrected chi connectivity index (χ0v) is 74.8. The van der Waals surface area contributed by atoms with Crippen molar-refractivity contribution in [3.8, 4) is 122 Å². The van der Waals surface area contributed by atoms with Crippen molar-refractivity contribution in [3.05, 3.63) is 534 Å². The number of benzene rings is 27. The molecule has 0 heteroatoms. The first-order valence-corrected chi connectivity index (χ1v) is 47.1. The van der Waals surface area contributed by atoms with Crippen molar-refractivity contribution in [2.45, 2.75) is 0 Å². The zero-order chi connectivity index (χ0) is 89.9. The molecule has 0 atom stereocenters. The van der Waals surface area contributed by atoms with Gasteiger partial charge in [0.2, 0.25) is 0 Å². The molecule has 27 aromatic rings. The fourth-order valence-electron chi connectivity index (χ4n) is 21.7. The molecule has 0 saturated heterocycles. The van der Waals surface area contributed by atoms with Crippen molar-refractivity contribution in [2.75, 3.05) is 0 Å². The van der Waals surface area contributed by atoms with Crippen LogP contribution in [0.25, 0.3) is 262 Å². The topological polar surface area (TPSA) is 0 Å². The average Bonchev–Trinajstić information content (AvgIpc) is 0.735. The lowest BCUT2D eigenvalue weighted by molar-refractivity contribution is 1.60. The van der Waals surface area contributed by atoms with Crippen LogP contribution in [0.15, 0.2) is 534 Å². The Morgan fingerprint density at radius 1 is 0.0735 bits per heavy atom. The van der Waals surface area contributed by atoms with E-state index in [2.05, 4.69) is 534 Å². The minimum atomic E-state index is 1.21.